The number of rotatable bonds is 6. The Labute approximate surface area is 144 Å². The Morgan fingerprint density at radius 1 is 1.21 bits per heavy atom. The van der Waals surface area contributed by atoms with Gasteiger partial charge >= 0.3 is 0 Å². The molecule has 1 saturated carbocycles. The number of nitrogens with one attached hydrogen (secondary N) is 1. The molecule has 1 amide bonds. The fraction of sp³-hybridized carbons (Fsp3) is 0.579. The van der Waals surface area contributed by atoms with Gasteiger partial charge in [-0.25, -0.2) is 4.99 Å². The lowest BCUT2D eigenvalue weighted by Gasteiger charge is -2.19. The minimum Gasteiger partial charge on any atom is -0.463 e. The number of carbonyl (C=O) groups is 1. The number of hydrogen-bond donors (Lipinski definition) is 1. The first kappa shape index (κ1) is 18.5. The summed E-state index contributed by atoms with van der Waals surface area (Å²) in [5.74, 6) is -0.181. The standard InChI is InChI=1S/C19H28N2O3/c1-3-23-13-14-24-19(20-16-10-5-4-6-11-16)21-18(22)17-12-8-7-9-15(17)2/h7-9,12,16H,3-6,10-11,13-14H2,1-2H3,(H,20,21,22). The zero-order valence-electron chi connectivity index (χ0n) is 14.7. The van der Waals surface area contributed by atoms with Crippen molar-refractivity contribution in [2.45, 2.75) is 52.0 Å². The van der Waals surface area contributed by atoms with Crippen LogP contribution in [0.4, 0.5) is 0 Å². The van der Waals surface area contributed by atoms with E-state index in [0.29, 0.717) is 31.4 Å². The van der Waals surface area contributed by atoms with Crippen LogP contribution in [0.15, 0.2) is 29.3 Å². The van der Waals surface area contributed by atoms with Crippen molar-refractivity contribution in [2.24, 2.45) is 4.99 Å². The molecular formula is C19H28N2O3. The first-order valence-corrected chi connectivity index (χ1v) is 8.86. The summed E-state index contributed by atoms with van der Waals surface area (Å²) in [5.41, 5.74) is 1.57. The van der Waals surface area contributed by atoms with E-state index in [9.17, 15) is 4.79 Å². The van der Waals surface area contributed by atoms with Crippen LogP contribution in [0.1, 0.15) is 54.9 Å². The second-order valence-corrected chi connectivity index (χ2v) is 6.04. The summed E-state index contributed by atoms with van der Waals surface area (Å²) >= 11 is 0. The van der Waals surface area contributed by atoms with Gasteiger partial charge in [0, 0.05) is 12.2 Å². The molecule has 0 spiro atoms. The summed E-state index contributed by atoms with van der Waals surface area (Å²) in [6.07, 6.45) is 5.75. The molecule has 1 N–H and O–H groups in total. The van der Waals surface area contributed by atoms with Crippen molar-refractivity contribution in [2.75, 3.05) is 19.8 Å². The largest absolute Gasteiger partial charge is 0.463 e. The molecule has 1 aliphatic rings. The van der Waals surface area contributed by atoms with Gasteiger partial charge in [0.1, 0.15) is 6.61 Å². The molecule has 0 aliphatic heterocycles. The highest BCUT2D eigenvalue weighted by atomic mass is 16.5. The van der Waals surface area contributed by atoms with Crippen LogP contribution in [-0.4, -0.2) is 37.8 Å². The van der Waals surface area contributed by atoms with Gasteiger partial charge in [-0.3, -0.25) is 10.1 Å². The van der Waals surface area contributed by atoms with Gasteiger partial charge in [0.2, 0.25) is 0 Å². The Bertz CT molecular complexity index is 551. The maximum Gasteiger partial charge on any atom is 0.292 e. The van der Waals surface area contributed by atoms with E-state index in [0.717, 1.165) is 18.4 Å². The fourth-order valence-corrected chi connectivity index (χ4v) is 2.82. The Hall–Kier alpha value is -1.88. The summed E-state index contributed by atoms with van der Waals surface area (Å²) in [5, 5.41) is 2.83. The number of benzene rings is 1. The summed E-state index contributed by atoms with van der Waals surface area (Å²) in [7, 11) is 0. The topological polar surface area (TPSA) is 59.9 Å². The second-order valence-electron chi connectivity index (χ2n) is 6.04. The molecular weight excluding hydrogens is 304 g/mol. The number of carbonyl (C=O) groups excluding carboxylic acids is 1. The van der Waals surface area contributed by atoms with E-state index in [1.165, 1.54) is 19.3 Å². The zero-order chi connectivity index (χ0) is 17.2. The van der Waals surface area contributed by atoms with Crippen molar-refractivity contribution >= 4 is 11.9 Å². The number of hydrogen-bond acceptors (Lipinski definition) is 4. The first-order chi connectivity index (χ1) is 11.7. The average Bonchev–Trinajstić information content (AvgIpc) is 2.60. The van der Waals surface area contributed by atoms with Crippen LogP contribution in [0.2, 0.25) is 0 Å². The lowest BCUT2D eigenvalue weighted by Crippen LogP contribution is -2.35. The molecule has 0 aromatic heterocycles. The molecule has 0 saturated heterocycles. The molecule has 5 heteroatoms. The van der Waals surface area contributed by atoms with Gasteiger partial charge in [-0.05, 0) is 38.3 Å². The van der Waals surface area contributed by atoms with E-state index in [4.69, 9.17) is 9.47 Å². The zero-order valence-corrected chi connectivity index (χ0v) is 14.7. The first-order valence-electron chi connectivity index (χ1n) is 8.86. The van der Waals surface area contributed by atoms with E-state index in [-0.39, 0.29) is 11.9 Å². The average molecular weight is 332 g/mol. The van der Waals surface area contributed by atoms with E-state index < -0.39 is 0 Å². The lowest BCUT2D eigenvalue weighted by molar-refractivity contribution is 0.0920. The van der Waals surface area contributed by atoms with Gasteiger partial charge in [-0.1, -0.05) is 37.5 Å². The highest BCUT2D eigenvalue weighted by Gasteiger charge is 2.17. The van der Waals surface area contributed by atoms with Gasteiger partial charge in [0.25, 0.3) is 11.9 Å². The Morgan fingerprint density at radius 2 is 1.96 bits per heavy atom. The Kier molecular flexibility index (Phi) is 7.75. The fourth-order valence-electron chi connectivity index (χ4n) is 2.82. The minimum atomic E-state index is -0.181. The molecule has 0 heterocycles. The molecule has 132 valence electrons. The van der Waals surface area contributed by atoms with Gasteiger partial charge in [-0.15, -0.1) is 0 Å². The van der Waals surface area contributed by atoms with E-state index in [2.05, 4.69) is 10.3 Å². The summed E-state index contributed by atoms with van der Waals surface area (Å²) in [6.45, 7) is 5.38. The number of aryl methyl sites for hydroxylation is 1. The van der Waals surface area contributed by atoms with Gasteiger partial charge in [-0.2, -0.15) is 0 Å². The highest BCUT2D eigenvalue weighted by Crippen LogP contribution is 2.20. The molecule has 1 fully saturated rings. The number of aliphatic imine (C=N–C) groups is 1. The Morgan fingerprint density at radius 3 is 2.67 bits per heavy atom. The third kappa shape index (κ3) is 5.96. The maximum atomic E-state index is 12.5. The van der Waals surface area contributed by atoms with Crippen molar-refractivity contribution in [3.05, 3.63) is 35.4 Å². The molecule has 0 bridgehead atoms. The van der Waals surface area contributed by atoms with Crippen molar-refractivity contribution in [3.63, 3.8) is 0 Å². The third-order valence-electron chi connectivity index (χ3n) is 4.16. The predicted octanol–water partition coefficient (Wildman–Crippen LogP) is 3.47. The van der Waals surface area contributed by atoms with Crippen LogP contribution >= 0.6 is 0 Å². The molecule has 0 radical (unpaired) electrons. The molecule has 1 aromatic rings. The van der Waals surface area contributed by atoms with Crippen molar-refractivity contribution in [1.82, 2.24) is 5.32 Å². The van der Waals surface area contributed by atoms with E-state index >= 15 is 0 Å². The van der Waals surface area contributed by atoms with Crippen LogP contribution in [0.3, 0.4) is 0 Å². The van der Waals surface area contributed by atoms with Gasteiger partial charge in [0.05, 0.1) is 12.6 Å². The van der Waals surface area contributed by atoms with Crippen LogP contribution in [0, 0.1) is 6.92 Å². The number of ether oxygens (including phenoxy) is 2. The van der Waals surface area contributed by atoms with Crippen LogP contribution in [0.25, 0.3) is 0 Å². The number of amides is 1. The summed E-state index contributed by atoms with van der Waals surface area (Å²) in [6, 6.07) is 8.05. The third-order valence-corrected chi connectivity index (χ3v) is 4.16. The summed E-state index contributed by atoms with van der Waals surface area (Å²) < 4.78 is 11.0. The van der Waals surface area contributed by atoms with Crippen LogP contribution in [-0.2, 0) is 9.47 Å². The molecule has 0 atom stereocenters. The van der Waals surface area contributed by atoms with Gasteiger partial charge in [0.15, 0.2) is 0 Å². The number of amidine groups is 1. The van der Waals surface area contributed by atoms with Crippen LogP contribution < -0.4 is 5.32 Å². The molecule has 5 nitrogen and oxygen atoms in total. The summed E-state index contributed by atoms with van der Waals surface area (Å²) in [4.78, 5) is 17.1. The van der Waals surface area contributed by atoms with Crippen molar-refractivity contribution in [1.29, 1.82) is 0 Å². The van der Waals surface area contributed by atoms with E-state index in [1.54, 1.807) is 0 Å². The van der Waals surface area contributed by atoms with Crippen molar-refractivity contribution in [3.8, 4) is 0 Å². The molecule has 2 rings (SSSR count). The van der Waals surface area contributed by atoms with Gasteiger partial charge < -0.3 is 9.47 Å². The van der Waals surface area contributed by atoms with Crippen molar-refractivity contribution < 1.29 is 14.3 Å². The Balaban J connectivity index is 2.02. The number of nitrogens with zero attached hydrogens (tertiary/aromatic N) is 1. The lowest BCUT2D eigenvalue weighted by atomic mass is 9.96. The minimum absolute atomic E-state index is 0.181. The predicted molar refractivity (Wildman–Crippen MR) is 95.4 cm³/mol. The highest BCUT2D eigenvalue weighted by molar-refractivity contribution is 6.04. The maximum absolute atomic E-state index is 12.5. The SMILES string of the molecule is CCOCCOC(=NC1CCCCC1)NC(=O)c1ccccc1C. The molecule has 0 unspecified atom stereocenters. The molecule has 24 heavy (non-hydrogen) atoms. The van der Waals surface area contributed by atoms with E-state index in [1.807, 2.05) is 38.1 Å². The smallest absolute Gasteiger partial charge is 0.292 e. The molecule has 1 aromatic carbocycles. The quantitative estimate of drug-likeness (QED) is 0.493. The normalized spacial score (nSPS) is 16.0. The second kappa shape index (κ2) is 10.1. The monoisotopic (exact) mass is 332 g/mol. The van der Waals surface area contributed by atoms with Crippen LogP contribution in [0.5, 0.6) is 0 Å². The molecule has 1 aliphatic carbocycles.